The molecule has 22 heavy (non-hydrogen) atoms. The van der Waals surface area contributed by atoms with Gasteiger partial charge in [-0.15, -0.1) is 6.58 Å². The second-order valence-corrected chi connectivity index (χ2v) is 5.03. The van der Waals surface area contributed by atoms with Crippen LogP contribution in [-0.4, -0.2) is 27.6 Å². The maximum absolute atomic E-state index is 11.6. The zero-order chi connectivity index (χ0) is 15.9. The van der Waals surface area contributed by atoms with Gasteiger partial charge in [-0.1, -0.05) is 18.2 Å². The van der Waals surface area contributed by atoms with Crippen molar-refractivity contribution in [1.82, 2.24) is 20.5 Å². The molecular formula is C16H20N4O2. The van der Waals surface area contributed by atoms with Crippen molar-refractivity contribution < 1.29 is 9.53 Å². The van der Waals surface area contributed by atoms with E-state index in [2.05, 4.69) is 27.1 Å². The normalized spacial score (nSPS) is 10.3. The first-order valence-corrected chi connectivity index (χ1v) is 7.06. The number of carbonyl (C=O) groups excluding carboxylic acids is 1. The first-order chi connectivity index (χ1) is 10.6. The summed E-state index contributed by atoms with van der Waals surface area (Å²) < 4.78 is 5.74. The molecule has 0 bridgehead atoms. The lowest BCUT2D eigenvalue weighted by atomic mass is 10.1. The average Bonchev–Trinajstić information content (AvgIpc) is 2.93. The number of aromatic amines is 1. The fraction of sp³-hybridized carbons (Fsp3) is 0.312. The van der Waals surface area contributed by atoms with E-state index in [0.29, 0.717) is 18.2 Å². The lowest BCUT2D eigenvalue weighted by Crippen LogP contribution is -2.25. The molecule has 0 saturated carbocycles. The predicted molar refractivity (Wildman–Crippen MR) is 83.5 cm³/mol. The van der Waals surface area contributed by atoms with Gasteiger partial charge in [-0.3, -0.25) is 9.89 Å². The summed E-state index contributed by atoms with van der Waals surface area (Å²) in [6, 6.07) is 6.03. The van der Waals surface area contributed by atoms with Crippen molar-refractivity contribution in [2.24, 2.45) is 0 Å². The molecule has 0 fully saturated rings. The number of aryl methyl sites for hydroxylation is 2. The molecule has 6 heteroatoms. The summed E-state index contributed by atoms with van der Waals surface area (Å²) in [4.78, 5) is 15.8. The number of H-pyrrole nitrogens is 1. The van der Waals surface area contributed by atoms with Gasteiger partial charge in [-0.05, 0) is 31.0 Å². The highest BCUT2D eigenvalue weighted by molar-refractivity contribution is 5.77. The third kappa shape index (κ3) is 4.44. The van der Waals surface area contributed by atoms with E-state index in [1.54, 1.807) is 6.08 Å². The van der Waals surface area contributed by atoms with Crippen molar-refractivity contribution in [3.05, 3.63) is 53.6 Å². The molecule has 1 heterocycles. The van der Waals surface area contributed by atoms with Crippen LogP contribution in [0.2, 0.25) is 0 Å². The standard InChI is InChI=1S/C16H20N4O2/c1-4-7-17-16(21)9-14-18-15(20-19-14)10-22-13-8-11(2)5-6-12(13)3/h4-6,8H,1,7,9-10H2,2-3H3,(H,17,21)(H,18,19,20). The fourth-order valence-corrected chi connectivity index (χ4v) is 1.88. The summed E-state index contributed by atoms with van der Waals surface area (Å²) in [5, 5.41) is 9.48. The molecular weight excluding hydrogens is 280 g/mol. The highest BCUT2D eigenvalue weighted by atomic mass is 16.5. The van der Waals surface area contributed by atoms with Gasteiger partial charge in [0, 0.05) is 6.54 Å². The zero-order valence-corrected chi connectivity index (χ0v) is 12.8. The number of hydrogen-bond acceptors (Lipinski definition) is 4. The molecule has 0 radical (unpaired) electrons. The third-order valence-corrected chi connectivity index (χ3v) is 3.05. The van der Waals surface area contributed by atoms with Crippen LogP contribution in [-0.2, 0) is 17.8 Å². The van der Waals surface area contributed by atoms with Crippen LogP contribution in [0, 0.1) is 13.8 Å². The van der Waals surface area contributed by atoms with Gasteiger partial charge in [-0.2, -0.15) is 5.10 Å². The SMILES string of the molecule is C=CCNC(=O)Cc1n[nH]c(COc2cc(C)ccc2C)n1. The van der Waals surface area contributed by atoms with Crippen LogP contribution in [0.25, 0.3) is 0 Å². The van der Waals surface area contributed by atoms with Gasteiger partial charge in [0.25, 0.3) is 0 Å². The number of nitrogens with zero attached hydrogens (tertiary/aromatic N) is 2. The van der Waals surface area contributed by atoms with E-state index in [1.165, 1.54) is 0 Å². The van der Waals surface area contributed by atoms with Gasteiger partial charge >= 0.3 is 0 Å². The molecule has 1 amide bonds. The van der Waals surface area contributed by atoms with Crippen LogP contribution in [0.4, 0.5) is 0 Å². The smallest absolute Gasteiger partial charge is 0.227 e. The minimum atomic E-state index is -0.138. The second kappa shape index (κ2) is 7.40. The van der Waals surface area contributed by atoms with Gasteiger partial charge in [0.1, 0.15) is 12.4 Å². The molecule has 2 rings (SSSR count). The van der Waals surface area contributed by atoms with E-state index < -0.39 is 0 Å². The van der Waals surface area contributed by atoms with E-state index in [-0.39, 0.29) is 18.9 Å². The Morgan fingerprint density at radius 2 is 2.27 bits per heavy atom. The van der Waals surface area contributed by atoms with Crippen LogP contribution in [0.3, 0.4) is 0 Å². The van der Waals surface area contributed by atoms with Crippen molar-refractivity contribution in [1.29, 1.82) is 0 Å². The molecule has 0 atom stereocenters. The summed E-state index contributed by atoms with van der Waals surface area (Å²) in [5.74, 6) is 1.72. The Balaban J connectivity index is 1.90. The van der Waals surface area contributed by atoms with Gasteiger partial charge < -0.3 is 10.1 Å². The van der Waals surface area contributed by atoms with Crippen molar-refractivity contribution in [2.45, 2.75) is 26.9 Å². The molecule has 2 N–H and O–H groups in total. The largest absolute Gasteiger partial charge is 0.485 e. The number of aromatic nitrogens is 3. The van der Waals surface area contributed by atoms with Gasteiger partial charge in [0.15, 0.2) is 11.6 Å². The lowest BCUT2D eigenvalue weighted by molar-refractivity contribution is -0.120. The Morgan fingerprint density at radius 3 is 3.05 bits per heavy atom. The van der Waals surface area contributed by atoms with E-state index in [9.17, 15) is 4.79 Å². The van der Waals surface area contributed by atoms with Crippen molar-refractivity contribution in [2.75, 3.05) is 6.54 Å². The van der Waals surface area contributed by atoms with E-state index in [4.69, 9.17) is 4.74 Å². The first kappa shape index (κ1) is 15.8. The number of nitrogens with one attached hydrogen (secondary N) is 2. The van der Waals surface area contributed by atoms with E-state index in [1.807, 2.05) is 32.0 Å². The number of benzene rings is 1. The molecule has 0 aliphatic rings. The molecule has 0 aliphatic carbocycles. The number of amides is 1. The minimum Gasteiger partial charge on any atom is -0.485 e. The van der Waals surface area contributed by atoms with E-state index >= 15 is 0 Å². The first-order valence-electron chi connectivity index (χ1n) is 7.06. The fourth-order valence-electron chi connectivity index (χ4n) is 1.88. The Hall–Kier alpha value is -2.63. The predicted octanol–water partition coefficient (Wildman–Crippen LogP) is 1.85. The Bertz CT molecular complexity index is 664. The third-order valence-electron chi connectivity index (χ3n) is 3.05. The maximum atomic E-state index is 11.6. The minimum absolute atomic E-state index is 0.133. The van der Waals surface area contributed by atoms with Gasteiger partial charge in [-0.25, -0.2) is 4.98 Å². The Morgan fingerprint density at radius 1 is 1.45 bits per heavy atom. The number of rotatable bonds is 7. The van der Waals surface area contributed by atoms with Gasteiger partial charge in [0.05, 0.1) is 6.42 Å². The summed E-state index contributed by atoms with van der Waals surface area (Å²) in [6.07, 6.45) is 1.76. The average molecular weight is 300 g/mol. The van der Waals surface area contributed by atoms with Crippen LogP contribution in [0.5, 0.6) is 5.75 Å². The molecule has 0 saturated heterocycles. The highest BCUT2D eigenvalue weighted by Crippen LogP contribution is 2.19. The van der Waals surface area contributed by atoms with Crippen molar-refractivity contribution in [3.63, 3.8) is 0 Å². The van der Waals surface area contributed by atoms with Crippen molar-refractivity contribution >= 4 is 5.91 Å². The summed E-state index contributed by atoms with van der Waals surface area (Å²) in [7, 11) is 0. The molecule has 0 unspecified atom stereocenters. The van der Waals surface area contributed by atoms with Crippen molar-refractivity contribution in [3.8, 4) is 5.75 Å². The maximum Gasteiger partial charge on any atom is 0.227 e. The second-order valence-electron chi connectivity index (χ2n) is 5.03. The molecule has 1 aromatic heterocycles. The Kier molecular flexibility index (Phi) is 5.30. The molecule has 116 valence electrons. The number of ether oxygens (including phenoxy) is 1. The van der Waals surface area contributed by atoms with Crippen LogP contribution in [0.15, 0.2) is 30.9 Å². The summed E-state index contributed by atoms with van der Waals surface area (Å²) >= 11 is 0. The molecule has 6 nitrogen and oxygen atoms in total. The topological polar surface area (TPSA) is 79.9 Å². The van der Waals surface area contributed by atoms with Crippen LogP contribution >= 0.6 is 0 Å². The molecule has 1 aromatic carbocycles. The summed E-state index contributed by atoms with van der Waals surface area (Å²) in [6.45, 7) is 8.27. The molecule has 2 aromatic rings. The van der Waals surface area contributed by atoms with Crippen LogP contribution in [0.1, 0.15) is 22.8 Å². The molecule has 0 aliphatic heterocycles. The summed E-state index contributed by atoms with van der Waals surface area (Å²) in [5.41, 5.74) is 2.20. The van der Waals surface area contributed by atoms with E-state index in [0.717, 1.165) is 16.9 Å². The number of carbonyl (C=O) groups is 1. The van der Waals surface area contributed by atoms with Crippen LogP contribution < -0.4 is 10.1 Å². The van der Waals surface area contributed by atoms with Gasteiger partial charge in [0.2, 0.25) is 5.91 Å². The number of hydrogen-bond donors (Lipinski definition) is 2. The quantitative estimate of drug-likeness (QED) is 0.765. The highest BCUT2D eigenvalue weighted by Gasteiger charge is 2.09. The zero-order valence-electron chi connectivity index (χ0n) is 12.8. The Labute approximate surface area is 129 Å². The lowest BCUT2D eigenvalue weighted by Gasteiger charge is -2.08. The monoisotopic (exact) mass is 300 g/mol. The molecule has 0 spiro atoms.